The third-order valence-electron chi connectivity index (χ3n) is 14.5. The molecular weight excluding hydrogens is 759 g/mol. The van der Waals surface area contributed by atoms with Crippen LogP contribution in [0.2, 0.25) is 0 Å². The van der Waals surface area contributed by atoms with Gasteiger partial charge < -0.3 is 4.90 Å². The Morgan fingerprint density at radius 2 is 0.683 bits per heavy atom. The first-order valence-electron chi connectivity index (χ1n) is 22.2. The lowest BCUT2D eigenvalue weighted by atomic mass is 9.70. The molecule has 0 radical (unpaired) electrons. The summed E-state index contributed by atoms with van der Waals surface area (Å²) in [5.74, 6) is 0. The van der Waals surface area contributed by atoms with Crippen molar-refractivity contribution in [1.29, 1.82) is 0 Å². The summed E-state index contributed by atoms with van der Waals surface area (Å²) in [6.07, 6.45) is 0. The highest BCUT2D eigenvalue weighted by Gasteiger charge is 2.51. The molecule has 0 saturated carbocycles. The van der Waals surface area contributed by atoms with E-state index in [0.29, 0.717) is 0 Å². The molecule has 0 aromatic heterocycles. The summed E-state index contributed by atoms with van der Waals surface area (Å²) < 4.78 is 0. The van der Waals surface area contributed by atoms with Gasteiger partial charge in [0.2, 0.25) is 0 Å². The second-order valence-electron chi connectivity index (χ2n) is 18.0. The van der Waals surface area contributed by atoms with Crippen LogP contribution in [0.3, 0.4) is 0 Å². The number of anilines is 3. The minimum atomic E-state index is -0.428. The molecular formula is C62H43N. The fraction of sp³-hybridized carbons (Fsp3) is 0.0645. The van der Waals surface area contributed by atoms with Crippen LogP contribution in [0.5, 0.6) is 0 Å². The van der Waals surface area contributed by atoms with E-state index in [0.717, 1.165) is 17.1 Å². The highest BCUT2D eigenvalue weighted by Crippen LogP contribution is 2.63. The van der Waals surface area contributed by atoms with Gasteiger partial charge in [-0.25, -0.2) is 0 Å². The lowest BCUT2D eigenvalue weighted by molar-refractivity contribution is 0.660. The fourth-order valence-electron chi connectivity index (χ4n) is 11.5. The molecule has 0 atom stereocenters. The Morgan fingerprint density at radius 3 is 1.32 bits per heavy atom. The fourth-order valence-corrected chi connectivity index (χ4v) is 11.5. The average molecular weight is 802 g/mol. The molecule has 10 aromatic rings. The zero-order valence-corrected chi connectivity index (χ0v) is 35.3. The van der Waals surface area contributed by atoms with Gasteiger partial charge in [0.05, 0.1) is 5.41 Å². The van der Waals surface area contributed by atoms with Crippen molar-refractivity contribution in [1.82, 2.24) is 0 Å². The summed E-state index contributed by atoms with van der Waals surface area (Å²) in [6, 6.07) is 84.0. The van der Waals surface area contributed by atoms with Crippen molar-refractivity contribution in [3.63, 3.8) is 0 Å². The molecule has 0 heterocycles. The smallest absolute Gasteiger partial charge is 0.0726 e. The third-order valence-corrected chi connectivity index (χ3v) is 14.5. The maximum atomic E-state index is 2.50. The molecule has 63 heavy (non-hydrogen) atoms. The first kappa shape index (κ1) is 36.0. The van der Waals surface area contributed by atoms with E-state index in [2.05, 4.69) is 243 Å². The van der Waals surface area contributed by atoms with Gasteiger partial charge in [0, 0.05) is 22.5 Å². The first-order chi connectivity index (χ1) is 31.0. The van der Waals surface area contributed by atoms with E-state index in [1.807, 2.05) is 0 Å². The topological polar surface area (TPSA) is 3.24 Å². The molecule has 0 aliphatic heterocycles. The van der Waals surface area contributed by atoms with Crippen LogP contribution in [-0.4, -0.2) is 0 Å². The highest BCUT2D eigenvalue weighted by molar-refractivity contribution is 5.97. The van der Waals surface area contributed by atoms with Gasteiger partial charge in [-0.3, -0.25) is 0 Å². The van der Waals surface area contributed by atoms with Crippen LogP contribution in [-0.2, 0) is 10.8 Å². The van der Waals surface area contributed by atoms with Crippen LogP contribution in [0.15, 0.2) is 224 Å². The van der Waals surface area contributed by atoms with Gasteiger partial charge in [0.25, 0.3) is 0 Å². The minimum Gasteiger partial charge on any atom is -0.310 e. The van der Waals surface area contributed by atoms with Crippen molar-refractivity contribution in [3.05, 3.63) is 258 Å². The second kappa shape index (κ2) is 13.4. The predicted octanol–water partition coefficient (Wildman–Crippen LogP) is 16.3. The quantitative estimate of drug-likeness (QED) is 0.168. The Morgan fingerprint density at radius 1 is 0.270 bits per heavy atom. The van der Waals surface area contributed by atoms with Crippen molar-refractivity contribution in [3.8, 4) is 55.6 Å². The lowest BCUT2D eigenvalue weighted by Crippen LogP contribution is -2.26. The summed E-state index contributed by atoms with van der Waals surface area (Å²) in [4.78, 5) is 2.48. The van der Waals surface area contributed by atoms with Crippen molar-refractivity contribution in [2.75, 3.05) is 4.90 Å². The van der Waals surface area contributed by atoms with E-state index in [9.17, 15) is 0 Å². The van der Waals surface area contributed by atoms with E-state index >= 15 is 0 Å². The Kier molecular flexibility index (Phi) is 7.64. The summed E-state index contributed by atoms with van der Waals surface area (Å²) >= 11 is 0. The molecule has 0 saturated heterocycles. The third kappa shape index (κ3) is 5.11. The molecule has 3 aliphatic rings. The van der Waals surface area contributed by atoms with Crippen LogP contribution >= 0.6 is 0 Å². The lowest BCUT2D eigenvalue weighted by Gasteiger charge is -2.32. The molecule has 0 N–H and O–H groups in total. The first-order valence-corrected chi connectivity index (χ1v) is 22.2. The molecule has 0 fully saturated rings. The normalized spacial score (nSPS) is 14.1. The Hall–Kier alpha value is -7.74. The Balaban J connectivity index is 0.986. The standard InChI is InChI=1S/C62H43N/c1-61(2)58-37-45(44-25-24-41-16-6-7-17-43(41)36-44)28-33-52(58)53-34-31-47(38-59(53)61)63(46-29-26-42(27-30-46)40-14-4-3-5-15-40)48-32-35-54-51-20-10-13-23-57(51)62(60(54)39-48)55-21-11-8-18-49(55)50-19-9-12-22-56(50)62/h3-39H,1-2H3. The maximum Gasteiger partial charge on any atom is 0.0726 e. The molecule has 13 rings (SSSR count). The molecule has 296 valence electrons. The summed E-state index contributed by atoms with van der Waals surface area (Å²) in [5, 5.41) is 2.53. The SMILES string of the molecule is CC1(C)c2cc(-c3ccc4ccccc4c3)ccc2-c2ccc(N(c3ccc(-c4ccccc4)cc3)c3ccc4c(c3)C3(c5ccccc5-c5ccccc53)c3ccccc3-4)cc21. The van der Waals surface area contributed by atoms with Gasteiger partial charge in [-0.2, -0.15) is 0 Å². The van der Waals surface area contributed by atoms with Gasteiger partial charge in [-0.05, 0) is 148 Å². The number of rotatable bonds is 5. The van der Waals surface area contributed by atoms with E-state index in [1.54, 1.807) is 0 Å². The minimum absolute atomic E-state index is 0.211. The van der Waals surface area contributed by atoms with Gasteiger partial charge >= 0.3 is 0 Å². The molecule has 0 unspecified atom stereocenters. The second-order valence-corrected chi connectivity index (χ2v) is 18.0. The van der Waals surface area contributed by atoms with Crippen LogP contribution in [0.25, 0.3) is 66.4 Å². The summed E-state index contributed by atoms with van der Waals surface area (Å²) in [7, 11) is 0. The number of fused-ring (bicyclic) bond motifs is 14. The Bertz CT molecular complexity index is 3420. The molecule has 0 amide bonds. The van der Waals surface area contributed by atoms with Crippen molar-refractivity contribution >= 4 is 27.8 Å². The van der Waals surface area contributed by atoms with Crippen LogP contribution < -0.4 is 4.90 Å². The average Bonchev–Trinajstić information content (AvgIpc) is 3.90. The summed E-state index contributed by atoms with van der Waals surface area (Å²) in [5.41, 5.74) is 23.7. The highest BCUT2D eigenvalue weighted by atomic mass is 15.1. The van der Waals surface area contributed by atoms with Gasteiger partial charge in [-0.1, -0.05) is 190 Å². The zero-order valence-electron chi connectivity index (χ0n) is 35.3. The van der Waals surface area contributed by atoms with Crippen molar-refractivity contribution < 1.29 is 0 Å². The van der Waals surface area contributed by atoms with E-state index in [4.69, 9.17) is 0 Å². The molecule has 1 heteroatoms. The van der Waals surface area contributed by atoms with Crippen LogP contribution in [0.4, 0.5) is 17.1 Å². The largest absolute Gasteiger partial charge is 0.310 e. The predicted molar refractivity (Wildman–Crippen MR) is 263 cm³/mol. The molecule has 3 aliphatic carbocycles. The van der Waals surface area contributed by atoms with Crippen LogP contribution in [0.1, 0.15) is 47.2 Å². The molecule has 1 spiro atoms. The van der Waals surface area contributed by atoms with E-state index in [1.165, 1.54) is 99.8 Å². The van der Waals surface area contributed by atoms with E-state index < -0.39 is 5.41 Å². The number of hydrogen-bond donors (Lipinski definition) is 0. The van der Waals surface area contributed by atoms with Gasteiger partial charge in [0.1, 0.15) is 0 Å². The number of benzene rings is 10. The number of nitrogens with zero attached hydrogens (tertiary/aromatic N) is 1. The van der Waals surface area contributed by atoms with Gasteiger partial charge in [0.15, 0.2) is 0 Å². The molecule has 0 bridgehead atoms. The summed E-state index contributed by atoms with van der Waals surface area (Å²) in [6.45, 7) is 4.80. The van der Waals surface area contributed by atoms with Crippen LogP contribution in [0, 0.1) is 0 Å². The zero-order chi connectivity index (χ0) is 41.9. The maximum absolute atomic E-state index is 2.50. The monoisotopic (exact) mass is 801 g/mol. The number of hydrogen-bond acceptors (Lipinski definition) is 1. The molecule has 1 nitrogen and oxygen atoms in total. The van der Waals surface area contributed by atoms with E-state index in [-0.39, 0.29) is 5.41 Å². The molecule has 10 aromatic carbocycles. The van der Waals surface area contributed by atoms with Gasteiger partial charge in [-0.15, -0.1) is 0 Å². The van der Waals surface area contributed by atoms with Crippen molar-refractivity contribution in [2.45, 2.75) is 24.7 Å². The Labute approximate surface area is 369 Å². The van der Waals surface area contributed by atoms with Crippen molar-refractivity contribution in [2.24, 2.45) is 0 Å².